The number of nitrogens with zero attached hydrogens (tertiary/aromatic N) is 3. The van der Waals surface area contributed by atoms with Crippen molar-refractivity contribution in [3.8, 4) is 0 Å². The lowest BCUT2D eigenvalue weighted by molar-refractivity contribution is -0.140. The normalized spacial score (nSPS) is 20.5. The third-order valence-corrected chi connectivity index (χ3v) is 2.43. The zero-order valence-electron chi connectivity index (χ0n) is 8.64. The summed E-state index contributed by atoms with van der Waals surface area (Å²) in [6.45, 7) is 1.13. The molecule has 6 heteroatoms. The van der Waals surface area contributed by atoms with Gasteiger partial charge in [0.2, 0.25) is 0 Å². The van der Waals surface area contributed by atoms with Gasteiger partial charge < -0.3 is 9.64 Å². The Morgan fingerprint density at radius 1 is 1.80 bits per heavy atom. The van der Waals surface area contributed by atoms with Crippen LogP contribution in [0.4, 0.5) is 0 Å². The zero-order valence-corrected chi connectivity index (χ0v) is 8.64. The predicted molar refractivity (Wildman–Crippen MR) is 51.8 cm³/mol. The second kappa shape index (κ2) is 4.39. The Kier molecular flexibility index (Phi) is 2.96. The lowest BCUT2D eigenvalue weighted by atomic mass is 10.2. The highest BCUT2D eigenvalue weighted by molar-refractivity contribution is 5.80. The van der Waals surface area contributed by atoms with Crippen molar-refractivity contribution in [2.75, 3.05) is 13.7 Å². The molecule has 15 heavy (non-hydrogen) atoms. The first-order chi connectivity index (χ1) is 7.27. The van der Waals surface area contributed by atoms with Gasteiger partial charge in [-0.25, -0.2) is 4.98 Å². The van der Waals surface area contributed by atoms with Gasteiger partial charge in [0.05, 0.1) is 6.54 Å². The zero-order chi connectivity index (χ0) is 10.7. The molecular formula is C9H14N4O2. The van der Waals surface area contributed by atoms with Crippen LogP contribution in [-0.2, 0) is 16.1 Å². The van der Waals surface area contributed by atoms with E-state index in [1.54, 1.807) is 11.9 Å². The maximum absolute atomic E-state index is 11.8. The largest absolute Gasteiger partial charge is 0.368 e. The van der Waals surface area contributed by atoms with Crippen molar-refractivity contribution in [1.29, 1.82) is 0 Å². The Bertz CT molecular complexity index is 319. The van der Waals surface area contributed by atoms with E-state index in [4.69, 9.17) is 4.74 Å². The van der Waals surface area contributed by atoms with Gasteiger partial charge in [-0.3, -0.25) is 9.89 Å². The monoisotopic (exact) mass is 210 g/mol. The number of aromatic amines is 1. The van der Waals surface area contributed by atoms with E-state index in [9.17, 15) is 4.79 Å². The fourth-order valence-electron chi connectivity index (χ4n) is 1.63. The smallest absolute Gasteiger partial charge is 0.251 e. The van der Waals surface area contributed by atoms with Crippen LogP contribution >= 0.6 is 0 Å². The number of nitrogens with one attached hydrogen (secondary N) is 1. The van der Waals surface area contributed by atoms with Crippen molar-refractivity contribution in [2.45, 2.75) is 25.5 Å². The molecule has 0 bridgehead atoms. The number of likely N-dealkylation sites (N-methyl/N-ethyl adjacent to an activating group) is 1. The average molecular weight is 210 g/mol. The topological polar surface area (TPSA) is 71.1 Å². The third kappa shape index (κ3) is 2.33. The molecule has 0 radical (unpaired) electrons. The molecule has 0 spiro atoms. The van der Waals surface area contributed by atoms with Crippen molar-refractivity contribution in [3.05, 3.63) is 12.2 Å². The minimum absolute atomic E-state index is 0.0175. The van der Waals surface area contributed by atoms with Gasteiger partial charge in [0.15, 0.2) is 0 Å². The van der Waals surface area contributed by atoms with Gasteiger partial charge in [-0.15, -0.1) is 0 Å². The summed E-state index contributed by atoms with van der Waals surface area (Å²) in [7, 11) is 1.74. The molecule has 0 saturated carbocycles. The number of carbonyl (C=O) groups is 1. The Morgan fingerprint density at radius 2 is 2.67 bits per heavy atom. The van der Waals surface area contributed by atoms with Gasteiger partial charge >= 0.3 is 0 Å². The number of carbonyl (C=O) groups excluding carboxylic acids is 1. The summed E-state index contributed by atoms with van der Waals surface area (Å²) in [5.41, 5.74) is 0. The van der Waals surface area contributed by atoms with Gasteiger partial charge in [-0.05, 0) is 12.8 Å². The number of amides is 1. The van der Waals surface area contributed by atoms with Crippen molar-refractivity contribution in [2.24, 2.45) is 0 Å². The standard InChI is InChI=1S/C9H14N4O2/c1-13(5-8-10-6-11-12-8)9(14)7-3-2-4-15-7/h6-7H,2-5H2,1H3,(H,10,11,12)/t7-/m0/s1. The van der Waals surface area contributed by atoms with E-state index in [0.29, 0.717) is 19.0 Å². The molecular weight excluding hydrogens is 196 g/mol. The molecule has 1 N–H and O–H groups in total. The molecule has 82 valence electrons. The summed E-state index contributed by atoms with van der Waals surface area (Å²) < 4.78 is 5.32. The van der Waals surface area contributed by atoms with E-state index in [1.807, 2.05) is 0 Å². The highest BCUT2D eigenvalue weighted by Gasteiger charge is 2.26. The van der Waals surface area contributed by atoms with Crippen LogP contribution < -0.4 is 0 Å². The fraction of sp³-hybridized carbons (Fsp3) is 0.667. The Labute approximate surface area is 87.6 Å². The van der Waals surface area contributed by atoms with E-state index in [1.165, 1.54) is 6.33 Å². The van der Waals surface area contributed by atoms with Crippen molar-refractivity contribution in [1.82, 2.24) is 20.1 Å². The van der Waals surface area contributed by atoms with E-state index in [2.05, 4.69) is 15.2 Å². The summed E-state index contributed by atoms with van der Waals surface area (Å²) in [5.74, 6) is 0.702. The van der Waals surface area contributed by atoms with Crippen molar-refractivity contribution in [3.63, 3.8) is 0 Å². The highest BCUT2D eigenvalue weighted by Crippen LogP contribution is 2.14. The van der Waals surface area contributed by atoms with Crippen LogP contribution in [0.3, 0.4) is 0 Å². The Hall–Kier alpha value is -1.43. The first kappa shape index (κ1) is 10.1. The van der Waals surface area contributed by atoms with Crippen LogP contribution in [0.5, 0.6) is 0 Å². The first-order valence-corrected chi connectivity index (χ1v) is 4.98. The second-order valence-electron chi connectivity index (χ2n) is 3.63. The van der Waals surface area contributed by atoms with E-state index in [0.717, 1.165) is 12.8 Å². The van der Waals surface area contributed by atoms with Crippen LogP contribution in [0.2, 0.25) is 0 Å². The van der Waals surface area contributed by atoms with Crippen LogP contribution in [0.25, 0.3) is 0 Å². The molecule has 0 aliphatic carbocycles. The number of rotatable bonds is 3. The van der Waals surface area contributed by atoms with Crippen LogP contribution in [0, 0.1) is 0 Å². The Morgan fingerprint density at radius 3 is 3.27 bits per heavy atom. The molecule has 0 aromatic carbocycles. The van der Waals surface area contributed by atoms with Gasteiger partial charge in [-0.2, -0.15) is 5.10 Å². The van der Waals surface area contributed by atoms with Crippen LogP contribution in [0.1, 0.15) is 18.7 Å². The maximum Gasteiger partial charge on any atom is 0.251 e. The molecule has 1 saturated heterocycles. The van der Waals surface area contributed by atoms with Crippen molar-refractivity contribution >= 4 is 5.91 Å². The lowest BCUT2D eigenvalue weighted by Gasteiger charge is -2.19. The van der Waals surface area contributed by atoms with Crippen LogP contribution in [0.15, 0.2) is 6.33 Å². The Balaban J connectivity index is 1.89. The molecule has 0 unspecified atom stereocenters. The third-order valence-electron chi connectivity index (χ3n) is 2.43. The predicted octanol–water partition coefficient (Wildman–Crippen LogP) is -0.0579. The molecule has 1 aliphatic heterocycles. The quantitative estimate of drug-likeness (QED) is 0.758. The van der Waals surface area contributed by atoms with E-state index in [-0.39, 0.29) is 12.0 Å². The summed E-state index contributed by atoms with van der Waals surface area (Å²) in [4.78, 5) is 17.4. The maximum atomic E-state index is 11.8. The molecule has 1 fully saturated rings. The van der Waals surface area contributed by atoms with Gasteiger partial charge in [0.1, 0.15) is 18.3 Å². The molecule has 1 aromatic rings. The number of aromatic nitrogens is 3. The number of ether oxygens (including phenoxy) is 1. The van der Waals surface area contributed by atoms with Gasteiger partial charge in [0.25, 0.3) is 5.91 Å². The lowest BCUT2D eigenvalue weighted by Crippen LogP contribution is -2.35. The molecule has 1 amide bonds. The molecule has 1 atom stereocenters. The number of hydrogen-bond acceptors (Lipinski definition) is 4. The fourth-order valence-corrected chi connectivity index (χ4v) is 1.63. The minimum atomic E-state index is -0.266. The number of H-pyrrole nitrogens is 1. The molecule has 2 heterocycles. The van der Waals surface area contributed by atoms with Crippen LogP contribution in [-0.4, -0.2) is 45.7 Å². The second-order valence-corrected chi connectivity index (χ2v) is 3.63. The molecule has 1 aromatic heterocycles. The first-order valence-electron chi connectivity index (χ1n) is 4.98. The average Bonchev–Trinajstić information content (AvgIpc) is 2.88. The molecule has 6 nitrogen and oxygen atoms in total. The summed E-state index contributed by atoms with van der Waals surface area (Å²) in [6.07, 6.45) is 2.95. The molecule has 2 rings (SSSR count). The SMILES string of the molecule is CN(Cc1ncn[nH]1)C(=O)[C@@H]1CCCO1. The highest BCUT2D eigenvalue weighted by atomic mass is 16.5. The van der Waals surface area contributed by atoms with Gasteiger partial charge in [-0.1, -0.05) is 0 Å². The summed E-state index contributed by atoms with van der Waals surface area (Å²) >= 11 is 0. The minimum Gasteiger partial charge on any atom is -0.368 e. The van der Waals surface area contributed by atoms with E-state index >= 15 is 0 Å². The number of hydrogen-bond donors (Lipinski definition) is 1. The summed E-state index contributed by atoms with van der Waals surface area (Å²) in [5, 5.41) is 6.44. The molecule has 1 aliphatic rings. The van der Waals surface area contributed by atoms with E-state index < -0.39 is 0 Å². The summed E-state index contributed by atoms with van der Waals surface area (Å²) in [6, 6.07) is 0. The van der Waals surface area contributed by atoms with Crippen molar-refractivity contribution < 1.29 is 9.53 Å². The van der Waals surface area contributed by atoms with Gasteiger partial charge in [0, 0.05) is 13.7 Å².